The van der Waals surface area contributed by atoms with E-state index in [1.807, 2.05) is 52.7 Å². The van der Waals surface area contributed by atoms with E-state index in [-0.39, 0.29) is 5.75 Å². The number of anilines is 1. The van der Waals surface area contributed by atoms with Crippen LogP contribution in [0.4, 0.5) is 5.69 Å². The third kappa shape index (κ3) is 6.68. The van der Waals surface area contributed by atoms with Gasteiger partial charge in [0.2, 0.25) is 5.52 Å². The van der Waals surface area contributed by atoms with Crippen molar-refractivity contribution in [2.45, 2.75) is 31.2 Å². The molecule has 2 aromatic heterocycles. The number of benzene rings is 1. The lowest BCUT2D eigenvalue weighted by Gasteiger charge is -2.19. The first-order valence-corrected chi connectivity index (χ1v) is 16.2. The normalized spacial score (nSPS) is 15.7. The topological polar surface area (TPSA) is 116 Å². The molecule has 4 rings (SSSR count). The summed E-state index contributed by atoms with van der Waals surface area (Å²) in [5, 5.41) is 6.15. The summed E-state index contributed by atoms with van der Waals surface area (Å²) in [6.45, 7) is 2.45. The number of thioether (sulfide) groups is 1. The Kier molecular flexibility index (Phi) is 8.15. The van der Waals surface area contributed by atoms with E-state index in [0.717, 1.165) is 26.9 Å². The Labute approximate surface area is 223 Å². The third-order valence-corrected chi connectivity index (χ3v) is 9.01. The van der Waals surface area contributed by atoms with E-state index in [1.54, 1.807) is 17.0 Å². The predicted octanol–water partition coefficient (Wildman–Crippen LogP) is 5.21. The molecule has 0 saturated carbocycles. The van der Waals surface area contributed by atoms with Gasteiger partial charge in [-0.05, 0) is 41.8 Å². The number of aromatic nitrogens is 1. The molecule has 1 aromatic carbocycles. The third-order valence-electron chi connectivity index (χ3n) is 5.54. The first-order chi connectivity index (χ1) is 16.9. The van der Waals surface area contributed by atoms with E-state index in [4.69, 9.17) is 16.2 Å². The maximum Gasteiger partial charge on any atom is 0.283 e. The summed E-state index contributed by atoms with van der Waals surface area (Å²) in [6.07, 6.45) is 6.80. The van der Waals surface area contributed by atoms with Crippen molar-refractivity contribution in [3.8, 4) is 0 Å². The molecular formula is C23H24ClN2O6S4+. The van der Waals surface area contributed by atoms with Crippen LogP contribution in [-0.2, 0) is 26.8 Å². The molecule has 0 spiro atoms. The number of fused-ring (bicyclic) bond motifs is 2. The lowest BCUT2D eigenvalue weighted by Crippen LogP contribution is -2.34. The molecule has 8 nitrogen and oxygen atoms in total. The molecule has 3 heterocycles. The molecule has 0 aliphatic carbocycles. The minimum absolute atomic E-state index is 0.293. The Bertz CT molecular complexity index is 1580. The number of hydrogen-bond acceptors (Lipinski definition) is 7. The zero-order valence-corrected chi connectivity index (χ0v) is 23.2. The summed E-state index contributed by atoms with van der Waals surface area (Å²) in [4.78, 5) is 2.38. The Morgan fingerprint density at radius 2 is 1.92 bits per heavy atom. The molecule has 0 fully saturated rings. The number of allylic oxidation sites excluding steroid dienone is 2. The number of thiophene rings is 1. The summed E-state index contributed by atoms with van der Waals surface area (Å²) in [6, 6.07) is 7.18. The van der Waals surface area contributed by atoms with Crippen molar-refractivity contribution in [1.82, 2.24) is 0 Å². The quantitative estimate of drug-likeness (QED) is 0.259. The van der Waals surface area contributed by atoms with Crippen molar-refractivity contribution in [2.24, 2.45) is 0 Å². The molecule has 13 heteroatoms. The molecule has 0 radical (unpaired) electrons. The molecule has 0 saturated heterocycles. The molecule has 192 valence electrons. The molecular weight excluding hydrogens is 564 g/mol. The van der Waals surface area contributed by atoms with Crippen LogP contribution in [0, 0.1) is 0 Å². The van der Waals surface area contributed by atoms with Gasteiger partial charge in [0.15, 0.2) is 12.1 Å². The van der Waals surface area contributed by atoms with Crippen LogP contribution in [-0.4, -0.2) is 37.6 Å². The second kappa shape index (κ2) is 10.8. The van der Waals surface area contributed by atoms with Gasteiger partial charge in [0.1, 0.15) is 6.54 Å². The molecule has 36 heavy (non-hydrogen) atoms. The van der Waals surface area contributed by atoms with E-state index in [1.165, 1.54) is 23.1 Å². The van der Waals surface area contributed by atoms with Gasteiger partial charge in [0.25, 0.3) is 20.2 Å². The Hall–Kier alpha value is -1.93. The van der Waals surface area contributed by atoms with E-state index < -0.39 is 26.1 Å². The second-order valence-corrected chi connectivity index (χ2v) is 13.4. The molecule has 2 N–H and O–H groups in total. The number of rotatable bonds is 9. The number of hydrogen-bond donors (Lipinski definition) is 2. The fraction of sp³-hybridized carbons (Fsp3) is 0.261. The molecule has 3 aromatic rings. The molecule has 1 aliphatic rings. The number of nitrogens with zero attached hydrogens (tertiary/aromatic N) is 2. The summed E-state index contributed by atoms with van der Waals surface area (Å²) < 4.78 is 66.1. The monoisotopic (exact) mass is 587 g/mol. The predicted molar refractivity (Wildman–Crippen MR) is 146 cm³/mol. The van der Waals surface area contributed by atoms with Crippen molar-refractivity contribution < 1.29 is 30.5 Å². The first kappa shape index (κ1) is 27.1. The lowest BCUT2D eigenvalue weighted by molar-refractivity contribution is -0.671. The maximum atomic E-state index is 11.7. The van der Waals surface area contributed by atoms with Crippen LogP contribution >= 0.6 is 34.7 Å². The summed E-state index contributed by atoms with van der Waals surface area (Å²) >= 11 is 9.08. The summed E-state index contributed by atoms with van der Waals surface area (Å²) in [5.41, 5.74) is 3.50. The average Bonchev–Trinajstić information content (AvgIpc) is 3.39. The van der Waals surface area contributed by atoms with E-state index in [9.17, 15) is 21.4 Å². The van der Waals surface area contributed by atoms with E-state index in [2.05, 4.69) is 0 Å². The van der Waals surface area contributed by atoms with Crippen molar-refractivity contribution in [1.29, 1.82) is 0 Å². The van der Waals surface area contributed by atoms with Gasteiger partial charge in [-0.15, -0.1) is 11.3 Å². The van der Waals surface area contributed by atoms with Gasteiger partial charge in [-0.1, -0.05) is 36.4 Å². The Morgan fingerprint density at radius 3 is 2.61 bits per heavy atom. The smallest absolute Gasteiger partial charge is 0.283 e. The number of aryl methyl sites for hydroxylation is 1. The van der Waals surface area contributed by atoms with Crippen molar-refractivity contribution in [3.63, 3.8) is 0 Å². The molecule has 0 bridgehead atoms. The Balaban J connectivity index is 1.68. The van der Waals surface area contributed by atoms with Gasteiger partial charge in [-0.3, -0.25) is 9.11 Å². The molecule has 1 aliphatic heterocycles. The SMILES string of the molecule is CCC(=Cc1cc[n+](CCCS(=O)(=O)O)c2cscc12)C=C1Sc2ccc(Cl)cc2N1CS(=O)(=O)O. The van der Waals surface area contributed by atoms with Crippen LogP contribution in [0.15, 0.2) is 62.8 Å². The lowest BCUT2D eigenvalue weighted by atomic mass is 10.1. The van der Waals surface area contributed by atoms with Crippen molar-refractivity contribution in [2.75, 3.05) is 16.5 Å². The standard InChI is InChI=1S/C23H23ClN2O6S4/c1-2-16(11-23-26(15-36(30,31)32)20-12-18(24)4-5-22(20)34-23)10-17-6-8-25(7-3-9-35(27,28)29)21-14-33-13-19(17)21/h4-6,8,10-14H,2-3,7,9,15H2,1H3,(H-,27,28,29,30,31,32)/p+1. The van der Waals surface area contributed by atoms with Gasteiger partial charge in [0.05, 0.1) is 27.2 Å². The van der Waals surface area contributed by atoms with Crippen LogP contribution in [0.25, 0.3) is 17.0 Å². The van der Waals surface area contributed by atoms with Crippen LogP contribution in [0.3, 0.4) is 0 Å². The summed E-state index contributed by atoms with van der Waals surface area (Å²) in [5.74, 6) is -0.883. The van der Waals surface area contributed by atoms with Crippen LogP contribution < -0.4 is 9.47 Å². The van der Waals surface area contributed by atoms with Gasteiger partial charge in [-0.25, -0.2) is 0 Å². The fourth-order valence-electron chi connectivity index (χ4n) is 3.89. The zero-order chi connectivity index (χ0) is 26.1. The number of halogens is 1. The van der Waals surface area contributed by atoms with Gasteiger partial charge in [-0.2, -0.15) is 21.4 Å². The van der Waals surface area contributed by atoms with Crippen LogP contribution in [0.5, 0.6) is 0 Å². The van der Waals surface area contributed by atoms with Crippen LogP contribution in [0.1, 0.15) is 25.3 Å². The highest BCUT2D eigenvalue weighted by Crippen LogP contribution is 2.47. The minimum atomic E-state index is -4.29. The van der Waals surface area contributed by atoms with Gasteiger partial charge in [0, 0.05) is 27.8 Å². The van der Waals surface area contributed by atoms with Crippen LogP contribution in [0.2, 0.25) is 5.02 Å². The molecule has 0 atom stereocenters. The highest BCUT2D eigenvalue weighted by molar-refractivity contribution is 8.03. The Morgan fingerprint density at radius 1 is 1.14 bits per heavy atom. The second-order valence-electron chi connectivity index (χ2n) is 8.18. The minimum Gasteiger partial charge on any atom is -0.317 e. The zero-order valence-electron chi connectivity index (χ0n) is 19.2. The highest BCUT2D eigenvalue weighted by atomic mass is 35.5. The largest absolute Gasteiger partial charge is 0.317 e. The van der Waals surface area contributed by atoms with Crippen molar-refractivity contribution >= 4 is 77.6 Å². The summed E-state index contributed by atoms with van der Waals surface area (Å²) in [7, 11) is -8.29. The van der Waals surface area contributed by atoms with Crippen molar-refractivity contribution in [3.05, 3.63) is 68.5 Å². The fourth-order valence-corrected chi connectivity index (χ4v) is 7.21. The molecule has 0 amide bonds. The van der Waals surface area contributed by atoms with Gasteiger partial charge >= 0.3 is 0 Å². The number of pyridine rings is 1. The van der Waals surface area contributed by atoms with Gasteiger partial charge < -0.3 is 4.90 Å². The van der Waals surface area contributed by atoms with E-state index in [0.29, 0.717) is 35.1 Å². The average molecular weight is 588 g/mol. The molecule has 0 unspecified atom stereocenters. The highest BCUT2D eigenvalue weighted by Gasteiger charge is 2.29. The maximum absolute atomic E-state index is 11.7. The van der Waals surface area contributed by atoms with E-state index >= 15 is 0 Å². The first-order valence-electron chi connectivity index (χ1n) is 10.9.